The quantitative estimate of drug-likeness (QED) is 0.458. The lowest BCUT2D eigenvalue weighted by Crippen LogP contribution is -2.31. The number of rotatable bonds is 7. The molecule has 0 aliphatic heterocycles. The van der Waals surface area contributed by atoms with E-state index in [0.29, 0.717) is 6.54 Å². The van der Waals surface area contributed by atoms with Gasteiger partial charge in [-0.3, -0.25) is 0 Å². The fourth-order valence-electron chi connectivity index (χ4n) is 0.790. The van der Waals surface area contributed by atoms with Crippen molar-refractivity contribution in [3.8, 4) is 0 Å². The van der Waals surface area contributed by atoms with E-state index < -0.39 is 0 Å². The monoisotopic (exact) mass is 160 g/mol. The Balaban J connectivity index is 2.80. The maximum atomic E-state index is 8.87. The second-order valence-electron chi connectivity index (χ2n) is 2.80. The summed E-state index contributed by atoms with van der Waals surface area (Å²) in [6.45, 7) is 7.62. The molecule has 0 saturated heterocycles. The van der Waals surface area contributed by atoms with Gasteiger partial charge in [0, 0.05) is 19.6 Å². The van der Waals surface area contributed by atoms with Crippen molar-refractivity contribution in [3.63, 3.8) is 0 Å². The molecule has 0 aromatic rings. The van der Waals surface area contributed by atoms with Gasteiger partial charge in [-0.15, -0.1) is 0 Å². The van der Waals surface area contributed by atoms with E-state index in [1.165, 1.54) is 6.42 Å². The molecule has 3 heteroatoms. The molecule has 1 atom stereocenters. The number of hydrogen-bond acceptors (Lipinski definition) is 3. The van der Waals surface area contributed by atoms with Crippen LogP contribution in [-0.2, 0) is 0 Å². The molecule has 0 aromatic heterocycles. The highest BCUT2D eigenvalue weighted by Gasteiger charge is 1.92. The van der Waals surface area contributed by atoms with Gasteiger partial charge in [0.2, 0.25) is 0 Å². The molecule has 0 radical (unpaired) electrons. The van der Waals surface area contributed by atoms with Gasteiger partial charge in [0.1, 0.15) is 0 Å². The number of hydrogen-bond donors (Lipinski definition) is 3. The van der Waals surface area contributed by atoms with Gasteiger partial charge in [-0.05, 0) is 19.9 Å². The summed E-state index contributed by atoms with van der Waals surface area (Å²) in [5, 5.41) is 15.3. The Morgan fingerprint density at radius 1 is 1.18 bits per heavy atom. The van der Waals surface area contributed by atoms with Crippen molar-refractivity contribution in [2.45, 2.75) is 26.4 Å². The first-order valence-corrected chi connectivity index (χ1v) is 4.37. The zero-order valence-corrected chi connectivity index (χ0v) is 7.56. The highest BCUT2D eigenvalue weighted by Crippen LogP contribution is 1.73. The maximum absolute atomic E-state index is 8.87. The Morgan fingerprint density at radius 3 is 2.36 bits per heavy atom. The van der Waals surface area contributed by atoms with Gasteiger partial charge in [-0.1, -0.05) is 6.92 Å². The first-order chi connectivity index (χ1) is 5.27. The third kappa shape index (κ3) is 9.88. The molecule has 0 unspecified atom stereocenters. The van der Waals surface area contributed by atoms with Gasteiger partial charge in [0.25, 0.3) is 0 Å². The molecular weight excluding hydrogens is 140 g/mol. The Kier molecular flexibility index (Phi) is 7.89. The Morgan fingerprint density at radius 2 is 1.82 bits per heavy atom. The largest absolute Gasteiger partial charge is 0.392 e. The lowest BCUT2D eigenvalue weighted by molar-refractivity contribution is 0.191. The molecule has 0 bridgehead atoms. The molecule has 3 N–H and O–H groups in total. The van der Waals surface area contributed by atoms with Crippen molar-refractivity contribution < 1.29 is 5.11 Å². The minimum absolute atomic E-state index is 0.235. The minimum atomic E-state index is -0.235. The molecular formula is C8H20N2O. The van der Waals surface area contributed by atoms with Crippen LogP contribution in [0.2, 0.25) is 0 Å². The lowest BCUT2D eigenvalue weighted by atomic mass is 10.4. The summed E-state index contributed by atoms with van der Waals surface area (Å²) in [6.07, 6.45) is 0.942. The van der Waals surface area contributed by atoms with Crippen molar-refractivity contribution in [2.75, 3.05) is 26.2 Å². The standard InChI is InChI=1S/C8H20N2O/c1-3-4-9-5-6-10-7-8(2)11/h8-11H,3-7H2,1-2H3/t8-/m0/s1. The second kappa shape index (κ2) is 7.98. The van der Waals surface area contributed by atoms with Crippen LogP contribution in [0.4, 0.5) is 0 Å². The van der Waals surface area contributed by atoms with Crippen LogP contribution in [0.1, 0.15) is 20.3 Å². The second-order valence-corrected chi connectivity index (χ2v) is 2.80. The number of nitrogens with one attached hydrogen (secondary N) is 2. The molecule has 0 fully saturated rings. The lowest BCUT2D eigenvalue weighted by Gasteiger charge is -2.06. The van der Waals surface area contributed by atoms with E-state index >= 15 is 0 Å². The van der Waals surface area contributed by atoms with Crippen molar-refractivity contribution in [1.29, 1.82) is 0 Å². The van der Waals surface area contributed by atoms with E-state index in [-0.39, 0.29) is 6.10 Å². The smallest absolute Gasteiger partial charge is 0.0636 e. The van der Waals surface area contributed by atoms with E-state index in [1.54, 1.807) is 6.92 Å². The summed E-state index contributed by atoms with van der Waals surface area (Å²) >= 11 is 0. The summed E-state index contributed by atoms with van der Waals surface area (Å²) in [5.41, 5.74) is 0. The van der Waals surface area contributed by atoms with Crippen molar-refractivity contribution in [1.82, 2.24) is 10.6 Å². The average Bonchev–Trinajstić information content (AvgIpc) is 1.96. The molecule has 0 aliphatic rings. The van der Waals surface area contributed by atoms with E-state index in [9.17, 15) is 0 Å². The molecule has 0 saturated carbocycles. The van der Waals surface area contributed by atoms with Crippen LogP contribution >= 0.6 is 0 Å². The van der Waals surface area contributed by atoms with Crippen LogP contribution in [0.3, 0.4) is 0 Å². The summed E-state index contributed by atoms with van der Waals surface area (Å²) in [7, 11) is 0. The van der Waals surface area contributed by atoms with Crippen LogP contribution in [0, 0.1) is 0 Å². The van der Waals surface area contributed by atoms with Gasteiger partial charge in [-0.2, -0.15) is 0 Å². The molecule has 0 rings (SSSR count). The normalized spacial score (nSPS) is 13.4. The van der Waals surface area contributed by atoms with Gasteiger partial charge < -0.3 is 15.7 Å². The highest BCUT2D eigenvalue weighted by atomic mass is 16.3. The predicted octanol–water partition coefficient (Wildman–Crippen LogP) is -0.0436. The SMILES string of the molecule is CCCNCCNC[C@H](C)O. The zero-order chi connectivity index (χ0) is 8.53. The first-order valence-electron chi connectivity index (χ1n) is 4.37. The third-order valence-electron chi connectivity index (χ3n) is 1.35. The molecule has 0 aromatic carbocycles. The fraction of sp³-hybridized carbons (Fsp3) is 1.00. The first kappa shape index (κ1) is 10.9. The number of aliphatic hydroxyl groups is 1. The molecule has 0 aliphatic carbocycles. The number of aliphatic hydroxyl groups excluding tert-OH is 1. The van der Waals surface area contributed by atoms with Gasteiger partial charge in [0.05, 0.1) is 6.10 Å². The van der Waals surface area contributed by atoms with Crippen molar-refractivity contribution >= 4 is 0 Å². The minimum Gasteiger partial charge on any atom is -0.392 e. The fourth-order valence-corrected chi connectivity index (χ4v) is 0.790. The molecule has 68 valence electrons. The Bertz CT molecular complexity index is 76.5. The average molecular weight is 160 g/mol. The molecule has 0 amide bonds. The summed E-state index contributed by atoms with van der Waals surface area (Å²) in [5.74, 6) is 0. The Hall–Kier alpha value is -0.120. The molecule has 0 heterocycles. The zero-order valence-electron chi connectivity index (χ0n) is 7.56. The predicted molar refractivity (Wildman–Crippen MR) is 47.7 cm³/mol. The van der Waals surface area contributed by atoms with E-state index in [0.717, 1.165) is 19.6 Å². The molecule has 0 spiro atoms. The molecule has 11 heavy (non-hydrogen) atoms. The van der Waals surface area contributed by atoms with Crippen LogP contribution in [0.25, 0.3) is 0 Å². The van der Waals surface area contributed by atoms with Crippen LogP contribution in [0.15, 0.2) is 0 Å². The summed E-state index contributed by atoms with van der Waals surface area (Å²) in [6, 6.07) is 0. The van der Waals surface area contributed by atoms with Crippen molar-refractivity contribution in [2.24, 2.45) is 0 Å². The highest BCUT2D eigenvalue weighted by molar-refractivity contribution is 4.54. The van der Waals surface area contributed by atoms with E-state index in [2.05, 4.69) is 17.6 Å². The van der Waals surface area contributed by atoms with Crippen LogP contribution < -0.4 is 10.6 Å². The van der Waals surface area contributed by atoms with Crippen molar-refractivity contribution in [3.05, 3.63) is 0 Å². The van der Waals surface area contributed by atoms with Gasteiger partial charge in [0.15, 0.2) is 0 Å². The summed E-state index contributed by atoms with van der Waals surface area (Å²) < 4.78 is 0. The third-order valence-corrected chi connectivity index (χ3v) is 1.35. The van der Waals surface area contributed by atoms with Crippen LogP contribution in [0.5, 0.6) is 0 Å². The molecule has 3 nitrogen and oxygen atoms in total. The topological polar surface area (TPSA) is 44.3 Å². The maximum Gasteiger partial charge on any atom is 0.0636 e. The Labute approximate surface area is 69.2 Å². The van der Waals surface area contributed by atoms with Crippen LogP contribution in [-0.4, -0.2) is 37.4 Å². The van der Waals surface area contributed by atoms with E-state index in [4.69, 9.17) is 5.11 Å². The van der Waals surface area contributed by atoms with Gasteiger partial charge in [-0.25, -0.2) is 0 Å². The van der Waals surface area contributed by atoms with Gasteiger partial charge >= 0.3 is 0 Å². The summed E-state index contributed by atoms with van der Waals surface area (Å²) in [4.78, 5) is 0. The van der Waals surface area contributed by atoms with E-state index in [1.807, 2.05) is 0 Å².